The Morgan fingerprint density at radius 3 is 2.60 bits per heavy atom. The lowest BCUT2D eigenvalue weighted by Crippen LogP contribution is -2.07. The van der Waals surface area contributed by atoms with Crippen LogP contribution in [0.5, 0.6) is 0 Å². The van der Waals surface area contributed by atoms with Crippen LogP contribution in [0.15, 0.2) is 76.2 Å². The predicted molar refractivity (Wildman–Crippen MR) is 125 cm³/mol. The molecular weight excluding hydrogens is 437 g/mol. The van der Waals surface area contributed by atoms with Gasteiger partial charge in [0, 0.05) is 27.1 Å². The quantitative estimate of drug-likeness (QED) is 0.293. The Bertz CT molecular complexity index is 1420. The maximum absolute atomic E-state index is 6.38. The molecule has 0 radical (unpaired) electrons. The summed E-state index contributed by atoms with van der Waals surface area (Å²) in [4.78, 5) is 4.58. The number of benzene rings is 3. The van der Waals surface area contributed by atoms with E-state index in [1.165, 1.54) is 0 Å². The normalized spacial score (nSPS) is 12.0. The molecule has 1 N–H and O–H groups in total. The highest BCUT2D eigenvalue weighted by Gasteiger charge is 2.09. The highest BCUT2D eigenvalue weighted by atomic mass is 35.5. The molecule has 148 valence electrons. The van der Waals surface area contributed by atoms with Crippen LogP contribution in [0.3, 0.4) is 0 Å². The minimum absolute atomic E-state index is 0.661. The van der Waals surface area contributed by atoms with Gasteiger partial charge in [-0.25, -0.2) is 4.98 Å². The number of hydrogen-bond acceptors (Lipinski definition) is 5. The molecule has 0 aliphatic carbocycles. The van der Waals surface area contributed by atoms with Crippen LogP contribution >= 0.6 is 34.5 Å². The van der Waals surface area contributed by atoms with E-state index >= 15 is 0 Å². The maximum atomic E-state index is 6.38. The summed E-state index contributed by atoms with van der Waals surface area (Å²) in [6, 6.07) is 21.2. The lowest BCUT2D eigenvalue weighted by atomic mass is 10.1. The Morgan fingerprint density at radius 1 is 1.00 bits per heavy atom. The predicted octanol–water partition coefficient (Wildman–Crippen LogP) is 7.25. The highest BCUT2D eigenvalue weighted by molar-refractivity contribution is 7.22. The van der Waals surface area contributed by atoms with E-state index in [-0.39, 0.29) is 0 Å². The molecule has 0 saturated carbocycles. The maximum Gasteiger partial charge on any atom is 0.204 e. The van der Waals surface area contributed by atoms with E-state index < -0.39 is 0 Å². The lowest BCUT2D eigenvalue weighted by molar-refractivity contribution is 0.618. The summed E-state index contributed by atoms with van der Waals surface area (Å²) < 4.78 is 7.26. The third-order valence-corrected chi connectivity index (χ3v) is 6.32. The van der Waals surface area contributed by atoms with Crippen LogP contribution in [0.4, 0.5) is 5.13 Å². The number of hydrogen-bond donors (Lipinski definition) is 1. The van der Waals surface area contributed by atoms with Gasteiger partial charge in [-0.3, -0.25) is 5.43 Å². The van der Waals surface area contributed by atoms with Crippen LogP contribution in [0, 0.1) is 6.92 Å². The van der Waals surface area contributed by atoms with E-state index in [2.05, 4.69) is 15.5 Å². The van der Waals surface area contributed by atoms with Crippen LogP contribution in [0.2, 0.25) is 10.0 Å². The molecule has 0 spiro atoms. The van der Waals surface area contributed by atoms with E-state index in [0.29, 0.717) is 26.7 Å². The van der Waals surface area contributed by atoms with Crippen molar-refractivity contribution in [2.45, 2.75) is 6.92 Å². The zero-order valence-electron chi connectivity index (χ0n) is 15.8. The molecule has 5 rings (SSSR count). The van der Waals surface area contributed by atoms with Crippen molar-refractivity contribution in [1.82, 2.24) is 4.98 Å². The summed E-state index contributed by atoms with van der Waals surface area (Å²) in [6.07, 6.45) is 0. The van der Waals surface area contributed by atoms with Gasteiger partial charge in [0.05, 0.1) is 15.6 Å². The number of rotatable bonds is 3. The number of anilines is 1. The number of para-hydroxylation sites is 1. The van der Waals surface area contributed by atoms with Crippen LogP contribution in [0.25, 0.3) is 32.5 Å². The summed E-state index contributed by atoms with van der Waals surface area (Å²) in [5.74, 6) is 0.686. The third-order valence-electron chi connectivity index (χ3n) is 4.72. The Kier molecular flexibility index (Phi) is 4.95. The number of nitrogens with zero attached hydrogens (tertiary/aromatic N) is 2. The van der Waals surface area contributed by atoms with Crippen LogP contribution < -0.4 is 10.8 Å². The largest absolute Gasteiger partial charge is 0.456 e. The molecule has 30 heavy (non-hydrogen) atoms. The van der Waals surface area contributed by atoms with Crippen molar-refractivity contribution < 1.29 is 4.42 Å². The third kappa shape index (κ3) is 3.67. The average Bonchev–Trinajstić information content (AvgIpc) is 3.16. The van der Waals surface area contributed by atoms with Gasteiger partial charge in [0.25, 0.3) is 0 Å². The van der Waals surface area contributed by atoms with Crippen molar-refractivity contribution in [2.75, 3.05) is 5.43 Å². The second-order valence-electron chi connectivity index (χ2n) is 6.81. The van der Waals surface area contributed by atoms with Gasteiger partial charge in [-0.1, -0.05) is 46.7 Å². The second kappa shape index (κ2) is 7.76. The van der Waals surface area contributed by atoms with E-state index in [0.717, 1.165) is 31.9 Å². The first kappa shape index (κ1) is 19.1. The van der Waals surface area contributed by atoms with Crippen LogP contribution in [-0.2, 0) is 0 Å². The fourth-order valence-corrected chi connectivity index (χ4v) is 4.26. The average molecular weight is 452 g/mol. The van der Waals surface area contributed by atoms with Gasteiger partial charge in [-0.2, -0.15) is 5.10 Å². The zero-order valence-corrected chi connectivity index (χ0v) is 18.1. The van der Waals surface area contributed by atoms with Gasteiger partial charge in [-0.05, 0) is 61.0 Å². The van der Waals surface area contributed by atoms with Crippen molar-refractivity contribution in [2.24, 2.45) is 5.10 Å². The number of aromatic nitrogens is 1. The number of nitrogens with one attached hydrogen (secondary N) is 1. The minimum Gasteiger partial charge on any atom is -0.456 e. The Labute approximate surface area is 186 Å². The molecule has 0 atom stereocenters. The van der Waals surface area contributed by atoms with Crippen LogP contribution in [0.1, 0.15) is 5.56 Å². The molecule has 7 heteroatoms. The fraction of sp³-hybridized carbons (Fsp3) is 0.0435. The molecule has 0 fully saturated rings. The number of aryl methyl sites for hydroxylation is 1. The van der Waals surface area contributed by atoms with Gasteiger partial charge in [0.1, 0.15) is 11.3 Å². The minimum atomic E-state index is 0.661. The Balaban J connectivity index is 1.66. The second-order valence-corrected chi connectivity index (χ2v) is 8.68. The number of halogens is 2. The lowest BCUT2D eigenvalue weighted by Gasteiger charge is -2.07. The molecule has 0 saturated heterocycles. The van der Waals surface area contributed by atoms with E-state index in [4.69, 9.17) is 27.6 Å². The molecule has 3 aromatic carbocycles. The van der Waals surface area contributed by atoms with Gasteiger partial charge in [0.2, 0.25) is 5.13 Å². The molecule has 0 amide bonds. The molecule has 0 aliphatic heterocycles. The topological polar surface area (TPSA) is 50.4 Å². The van der Waals surface area contributed by atoms with Gasteiger partial charge < -0.3 is 4.42 Å². The SMILES string of the molecule is Cc1cc2oc(-c3ccc(Cl)cc3)c/c(=N\Nc3nc4ccccc4s3)c2cc1Cl. The molecule has 2 aromatic heterocycles. The summed E-state index contributed by atoms with van der Waals surface area (Å²) in [7, 11) is 0. The summed E-state index contributed by atoms with van der Waals surface area (Å²) in [5, 5.41) is 8.21. The molecule has 5 aromatic rings. The monoisotopic (exact) mass is 451 g/mol. The first-order chi connectivity index (χ1) is 14.6. The molecule has 0 bridgehead atoms. The van der Waals surface area contributed by atoms with E-state index in [9.17, 15) is 0 Å². The van der Waals surface area contributed by atoms with Crippen molar-refractivity contribution in [3.63, 3.8) is 0 Å². The van der Waals surface area contributed by atoms with Crippen LogP contribution in [-0.4, -0.2) is 4.98 Å². The van der Waals surface area contributed by atoms with E-state index in [1.54, 1.807) is 11.3 Å². The fourth-order valence-electron chi connectivity index (χ4n) is 3.17. The summed E-state index contributed by atoms with van der Waals surface area (Å²) >= 11 is 14.0. The molecule has 2 heterocycles. The van der Waals surface area contributed by atoms with Gasteiger partial charge in [0.15, 0.2) is 0 Å². The smallest absolute Gasteiger partial charge is 0.204 e. The molecule has 4 nitrogen and oxygen atoms in total. The molecule has 0 aliphatic rings. The van der Waals surface area contributed by atoms with Crippen molar-refractivity contribution in [3.8, 4) is 11.3 Å². The summed E-state index contributed by atoms with van der Waals surface area (Å²) in [5.41, 5.74) is 6.58. The zero-order chi connectivity index (χ0) is 20.7. The first-order valence-electron chi connectivity index (χ1n) is 9.22. The van der Waals surface area contributed by atoms with Gasteiger partial charge in [-0.15, -0.1) is 0 Å². The number of fused-ring (bicyclic) bond motifs is 2. The standard InChI is InChI=1S/C23H15Cl2N3OS/c1-13-10-21-16(11-17(13)25)19(12-20(29-21)14-6-8-15(24)9-7-14)27-28-23-26-18-4-2-3-5-22(18)30-23/h2-12H,1H3,(H,26,28)/b27-19+. The Morgan fingerprint density at radius 2 is 1.80 bits per heavy atom. The van der Waals surface area contributed by atoms with Crippen molar-refractivity contribution >= 4 is 60.9 Å². The van der Waals surface area contributed by atoms with Gasteiger partial charge >= 0.3 is 0 Å². The van der Waals surface area contributed by atoms with Crippen molar-refractivity contribution in [1.29, 1.82) is 0 Å². The summed E-state index contributed by atoms with van der Waals surface area (Å²) in [6.45, 7) is 1.95. The van der Waals surface area contributed by atoms with E-state index in [1.807, 2.05) is 73.7 Å². The molecule has 0 unspecified atom stereocenters. The molecular formula is C23H15Cl2N3OS. The first-order valence-corrected chi connectivity index (χ1v) is 10.8. The number of thiazole rings is 1. The highest BCUT2D eigenvalue weighted by Crippen LogP contribution is 2.28. The Hall–Kier alpha value is -2.86. The van der Waals surface area contributed by atoms with Crippen molar-refractivity contribution in [3.05, 3.63) is 87.7 Å².